The zero-order valence-electron chi connectivity index (χ0n) is 14.7. The number of hydrogen-bond donors (Lipinski definition) is 1. The van der Waals surface area contributed by atoms with Gasteiger partial charge in [0.15, 0.2) is 5.82 Å². The molecule has 0 fully saturated rings. The van der Waals surface area contributed by atoms with E-state index < -0.39 is 4.92 Å². The minimum atomic E-state index is -0.496. The van der Waals surface area contributed by atoms with Gasteiger partial charge in [0.05, 0.1) is 11.5 Å². The van der Waals surface area contributed by atoms with Gasteiger partial charge >= 0.3 is 5.69 Å². The van der Waals surface area contributed by atoms with Gasteiger partial charge in [0.1, 0.15) is 17.9 Å². The van der Waals surface area contributed by atoms with Crippen LogP contribution in [-0.2, 0) is 17.9 Å². The largest absolute Gasteiger partial charge is 0.312 e. The molecule has 0 aliphatic heterocycles. The van der Waals surface area contributed by atoms with Crippen molar-refractivity contribution < 1.29 is 9.72 Å². The highest BCUT2D eigenvalue weighted by molar-refractivity contribution is 6.30. The van der Waals surface area contributed by atoms with Crippen LogP contribution in [0.25, 0.3) is 0 Å². The number of rotatable bonds is 6. The number of carbonyl (C=O) groups is 1. The lowest BCUT2D eigenvalue weighted by Gasteiger charge is -2.04. The van der Waals surface area contributed by atoms with Gasteiger partial charge in [-0.25, -0.2) is 0 Å². The van der Waals surface area contributed by atoms with Crippen molar-refractivity contribution in [2.45, 2.75) is 26.9 Å². The summed E-state index contributed by atoms with van der Waals surface area (Å²) in [4.78, 5) is 22.8. The molecule has 1 amide bonds. The van der Waals surface area contributed by atoms with Crippen molar-refractivity contribution in [1.82, 2.24) is 19.6 Å². The number of aryl methyl sites for hydroxylation is 1. The number of halogens is 1. The number of carbonyl (C=O) groups excluding carboxylic acids is 1. The molecule has 10 heteroatoms. The summed E-state index contributed by atoms with van der Waals surface area (Å²) >= 11 is 5.87. The van der Waals surface area contributed by atoms with Gasteiger partial charge < -0.3 is 5.32 Å². The Balaban J connectivity index is 1.63. The first-order chi connectivity index (χ1) is 12.8. The molecule has 1 aromatic carbocycles. The Hall–Kier alpha value is -3.20. The van der Waals surface area contributed by atoms with Gasteiger partial charge in [-0.3, -0.25) is 24.3 Å². The standard InChI is InChI=1S/C17H17ClN6O3/c1-11-17(24(26)27)12(2)23(20-11)10-16(25)19-15-7-8-22(21-15)9-13-3-5-14(18)6-4-13/h3-8H,9-10H2,1-2H3,(H,19,21,25). The molecule has 140 valence electrons. The monoisotopic (exact) mass is 388 g/mol. The molecule has 0 bridgehead atoms. The molecule has 27 heavy (non-hydrogen) atoms. The maximum absolute atomic E-state index is 12.2. The molecule has 9 nitrogen and oxygen atoms in total. The maximum Gasteiger partial charge on any atom is 0.312 e. The lowest BCUT2D eigenvalue weighted by Crippen LogP contribution is -2.20. The molecule has 0 aliphatic carbocycles. The fourth-order valence-electron chi connectivity index (χ4n) is 2.72. The normalized spacial score (nSPS) is 10.8. The zero-order chi connectivity index (χ0) is 19.6. The van der Waals surface area contributed by atoms with Crippen molar-refractivity contribution in [3.05, 3.63) is 68.6 Å². The molecule has 0 radical (unpaired) electrons. The first kappa shape index (κ1) is 18.6. The minimum absolute atomic E-state index is 0.0740. The fraction of sp³-hybridized carbons (Fsp3) is 0.235. The Bertz CT molecular complexity index is 993. The van der Waals surface area contributed by atoms with E-state index in [1.807, 2.05) is 12.1 Å². The van der Waals surface area contributed by atoms with Crippen LogP contribution in [0.4, 0.5) is 11.5 Å². The fourth-order valence-corrected chi connectivity index (χ4v) is 2.84. The first-order valence-corrected chi connectivity index (χ1v) is 8.47. The lowest BCUT2D eigenvalue weighted by atomic mass is 10.2. The highest BCUT2D eigenvalue weighted by atomic mass is 35.5. The Morgan fingerprint density at radius 2 is 1.93 bits per heavy atom. The SMILES string of the molecule is Cc1nn(CC(=O)Nc2ccn(Cc3ccc(Cl)cc3)n2)c(C)c1[N+](=O)[O-]. The number of anilines is 1. The summed E-state index contributed by atoms with van der Waals surface area (Å²) in [5, 5.41) is 22.7. The van der Waals surface area contributed by atoms with E-state index in [4.69, 9.17) is 11.6 Å². The quantitative estimate of drug-likeness (QED) is 0.516. The number of nitrogens with one attached hydrogen (secondary N) is 1. The van der Waals surface area contributed by atoms with E-state index >= 15 is 0 Å². The Kier molecular flexibility index (Phi) is 5.22. The predicted octanol–water partition coefficient (Wildman–Crippen LogP) is 2.95. The van der Waals surface area contributed by atoms with Crippen LogP contribution in [0.5, 0.6) is 0 Å². The van der Waals surface area contributed by atoms with E-state index in [-0.39, 0.29) is 23.8 Å². The summed E-state index contributed by atoms with van der Waals surface area (Å²) in [6, 6.07) is 9.08. The number of hydrogen-bond acceptors (Lipinski definition) is 5. The van der Waals surface area contributed by atoms with Gasteiger partial charge in [0.25, 0.3) is 0 Å². The predicted molar refractivity (Wildman–Crippen MR) is 99.8 cm³/mol. The summed E-state index contributed by atoms with van der Waals surface area (Å²) in [6.45, 7) is 3.51. The van der Waals surface area contributed by atoms with E-state index in [1.165, 1.54) is 11.6 Å². The molecule has 3 aromatic rings. The topological polar surface area (TPSA) is 108 Å². The number of nitrogens with zero attached hydrogens (tertiary/aromatic N) is 5. The number of nitro groups is 1. The van der Waals surface area contributed by atoms with Gasteiger partial charge in [-0.1, -0.05) is 23.7 Å². The van der Waals surface area contributed by atoms with Crippen molar-refractivity contribution >= 4 is 29.0 Å². The number of aromatic nitrogens is 4. The number of benzene rings is 1. The van der Waals surface area contributed by atoms with Gasteiger partial charge in [0.2, 0.25) is 5.91 Å². The highest BCUT2D eigenvalue weighted by Crippen LogP contribution is 2.21. The molecule has 0 spiro atoms. The van der Waals surface area contributed by atoms with Gasteiger partial charge in [0, 0.05) is 17.3 Å². The Morgan fingerprint density at radius 3 is 2.56 bits per heavy atom. The summed E-state index contributed by atoms with van der Waals surface area (Å²) in [6.07, 6.45) is 1.75. The Morgan fingerprint density at radius 1 is 1.22 bits per heavy atom. The average Bonchev–Trinajstić information content (AvgIpc) is 3.13. The summed E-state index contributed by atoms with van der Waals surface area (Å²) in [7, 11) is 0. The van der Waals surface area contributed by atoms with Crippen LogP contribution in [0, 0.1) is 24.0 Å². The summed E-state index contributed by atoms with van der Waals surface area (Å²) in [5.74, 6) is 0.0252. The summed E-state index contributed by atoms with van der Waals surface area (Å²) < 4.78 is 3.00. The van der Waals surface area contributed by atoms with Crippen molar-refractivity contribution in [1.29, 1.82) is 0 Å². The van der Waals surface area contributed by atoms with Crippen LogP contribution in [0.1, 0.15) is 17.0 Å². The maximum atomic E-state index is 12.2. The second-order valence-electron chi connectivity index (χ2n) is 6.01. The van der Waals surface area contributed by atoms with E-state index in [2.05, 4.69) is 15.5 Å². The van der Waals surface area contributed by atoms with Crippen molar-refractivity contribution in [2.75, 3.05) is 5.32 Å². The molecular weight excluding hydrogens is 372 g/mol. The van der Waals surface area contributed by atoms with Crippen molar-refractivity contribution in [3.8, 4) is 0 Å². The van der Waals surface area contributed by atoms with Crippen LogP contribution in [0.3, 0.4) is 0 Å². The molecule has 0 saturated carbocycles. The van der Waals surface area contributed by atoms with E-state index in [1.54, 1.807) is 36.0 Å². The van der Waals surface area contributed by atoms with Crippen LogP contribution in [-0.4, -0.2) is 30.4 Å². The molecule has 0 saturated heterocycles. The van der Waals surface area contributed by atoms with Crippen LogP contribution in [0.2, 0.25) is 5.02 Å². The second-order valence-corrected chi connectivity index (χ2v) is 6.44. The molecule has 0 aliphatic rings. The van der Waals surface area contributed by atoms with E-state index in [9.17, 15) is 14.9 Å². The van der Waals surface area contributed by atoms with E-state index in [0.29, 0.717) is 23.1 Å². The van der Waals surface area contributed by atoms with E-state index in [0.717, 1.165) is 5.56 Å². The lowest BCUT2D eigenvalue weighted by molar-refractivity contribution is -0.386. The van der Waals surface area contributed by atoms with Crippen LogP contribution < -0.4 is 5.32 Å². The second kappa shape index (κ2) is 7.58. The first-order valence-electron chi connectivity index (χ1n) is 8.09. The van der Waals surface area contributed by atoms with Crippen molar-refractivity contribution in [2.24, 2.45) is 0 Å². The zero-order valence-corrected chi connectivity index (χ0v) is 15.5. The van der Waals surface area contributed by atoms with Crippen molar-refractivity contribution in [3.63, 3.8) is 0 Å². The highest BCUT2D eigenvalue weighted by Gasteiger charge is 2.22. The third-order valence-electron chi connectivity index (χ3n) is 3.99. The van der Waals surface area contributed by atoms with Crippen LogP contribution >= 0.6 is 11.6 Å². The number of amides is 1. The minimum Gasteiger partial charge on any atom is -0.308 e. The molecule has 1 N–H and O–H groups in total. The summed E-state index contributed by atoms with van der Waals surface area (Å²) in [5.41, 5.74) is 1.56. The molecule has 2 heterocycles. The molecule has 0 atom stereocenters. The van der Waals surface area contributed by atoms with Gasteiger partial charge in [-0.05, 0) is 31.5 Å². The van der Waals surface area contributed by atoms with Gasteiger partial charge in [-0.2, -0.15) is 10.2 Å². The third-order valence-corrected chi connectivity index (χ3v) is 4.24. The smallest absolute Gasteiger partial charge is 0.308 e. The third kappa shape index (κ3) is 4.32. The average molecular weight is 389 g/mol. The molecule has 2 aromatic heterocycles. The molecular formula is C17H17ClN6O3. The van der Waals surface area contributed by atoms with Gasteiger partial charge in [-0.15, -0.1) is 0 Å². The van der Waals surface area contributed by atoms with Crippen LogP contribution in [0.15, 0.2) is 36.5 Å². The molecule has 3 rings (SSSR count). The Labute approximate surface area is 159 Å². The molecule has 0 unspecified atom stereocenters.